The van der Waals surface area contributed by atoms with Crippen LogP contribution in [0.25, 0.3) is 0 Å². The third-order valence-corrected chi connectivity index (χ3v) is 1.56. The predicted octanol–water partition coefficient (Wildman–Crippen LogP) is 0.118. The van der Waals surface area contributed by atoms with Gasteiger partial charge >= 0.3 is 6.09 Å². The zero-order chi connectivity index (χ0) is 7.84. The molecule has 1 saturated heterocycles. The molecule has 0 aromatic carbocycles. The summed E-state index contributed by atoms with van der Waals surface area (Å²) in [7, 11) is 0. The molecule has 2 rings (SSSR count). The molecule has 0 aromatic heterocycles. The summed E-state index contributed by atoms with van der Waals surface area (Å²) in [6.07, 6.45) is 4.01. The van der Waals surface area contributed by atoms with Crippen molar-refractivity contribution < 1.29 is 14.3 Å². The van der Waals surface area contributed by atoms with Gasteiger partial charge in [0.2, 0.25) is 0 Å². The quantitative estimate of drug-likeness (QED) is 0.534. The Labute approximate surface area is 62.5 Å². The first-order valence-corrected chi connectivity index (χ1v) is 3.18. The van der Waals surface area contributed by atoms with Crippen molar-refractivity contribution in [3.8, 4) is 0 Å². The maximum Gasteiger partial charge on any atom is 0.413 e. The highest BCUT2D eigenvalue weighted by Gasteiger charge is 2.34. The largest absolute Gasteiger partial charge is 0.413 e. The fourth-order valence-electron chi connectivity index (χ4n) is 1.06. The van der Waals surface area contributed by atoms with Crippen LogP contribution in [0.5, 0.6) is 0 Å². The zero-order valence-corrected chi connectivity index (χ0v) is 5.53. The third-order valence-electron chi connectivity index (χ3n) is 1.56. The van der Waals surface area contributed by atoms with Crippen LogP contribution in [0.1, 0.15) is 0 Å². The van der Waals surface area contributed by atoms with Crippen molar-refractivity contribution in [2.24, 2.45) is 0 Å². The molecule has 0 saturated carbocycles. The Hall–Kier alpha value is -1.58. The molecule has 0 aromatic rings. The molecule has 1 N–H and O–H groups in total. The Morgan fingerprint density at radius 3 is 3.00 bits per heavy atom. The number of carbonyl (C=O) groups is 2. The van der Waals surface area contributed by atoms with Gasteiger partial charge in [0.1, 0.15) is 5.76 Å². The van der Waals surface area contributed by atoms with Gasteiger partial charge in [-0.2, -0.15) is 0 Å². The van der Waals surface area contributed by atoms with Crippen molar-refractivity contribution in [2.75, 3.05) is 0 Å². The normalized spacial score (nSPS) is 27.3. The lowest BCUT2D eigenvalue weighted by molar-refractivity contribution is -0.115. The van der Waals surface area contributed by atoms with Crippen molar-refractivity contribution in [1.82, 2.24) is 5.32 Å². The summed E-state index contributed by atoms with van der Waals surface area (Å²) in [6, 6.07) is -0.576. The molecule has 11 heavy (non-hydrogen) atoms. The minimum atomic E-state index is -0.576. The van der Waals surface area contributed by atoms with Gasteiger partial charge in [0, 0.05) is 0 Å². The van der Waals surface area contributed by atoms with E-state index >= 15 is 0 Å². The lowest BCUT2D eigenvalue weighted by Gasteiger charge is -2.06. The summed E-state index contributed by atoms with van der Waals surface area (Å²) in [5.41, 5.74) is 0. The van der Waals surface area contributed by atoms with Gasteiger partial charge in [-0.05, 0) is 12.2 Å². The molecule has 1 atom stereocenters. The minimum Gasteiger partial charge on any atom is -0.412 e. The van der Waals surface area contributed by atoms with E-state index in [1.807, 2.05) is 0 Å². The van der Waals surface area contributed by atoms with Gasteiger partial charge in [0.05, 0.1) is 0 Å². The number of allylic oxidation sites excluding steroid dienone is 2. The van der Waals surface area contributed by atoms with Crippen LogP contribution in [0, 0.1) is 0 Å². The summed E-state index contributed by atoms with van der Waals surface area (Å²) < 4.78 is 4.67. The maximum atomic E-state index is 11.0. The van der Waals surface area contributed by atoms with Crippen molar-refractivity contribution in [1.29, 1.82) is 0 Å². The van der Waals surface area contributed by atoms with E-state index in [-0.39, 0.29) is 5.78 Å². The Kier molecular flexibility index (Phi) is 1.09. The number of hydrogen-bond acceptors (Lipinski definition) is 3. The van der Waals surface area contributed by atoms with Crippen molar-refractivity contribution in [3.05, 3.63) is 24.0 Å². The molecule has 1 aliphatic carbocycles. The van der Waals surface area contributed by atoms with E-state index in [0.29, 0.717) is 5.76 Å². The van der Waals surface area contributed by atoms with E-state index in [1.54, 1.807) is 12.2 Å². The number of ketones is 1. The molecule has 4 heteroatoms. The standard InChI is InChI=1S/C7H5NO3/c9-4-2-1-3-5-6(4)8-7(10)11-5/h1-3,6H,(H,8,10). The summed E-state index contributed by atoms with van der Waals surface area (Å²) in [5, 5.41) is 2.38. The Morgan fingerprint density at radius 1 is 1.45 bits per heavy atom. The van der Waals surface area contributed by atoms with Gasteiger partial charge in [-0.3, -0.25) is 4.79 Å². The van der Waals surface area contributed by atoms with Crippen LogP contribution in [0.15, 0.2) is 24.0 Å². The highest BCUT2D eigenvalue weighted by atomic mass is 16.6. The Morgan fingerprint density at radius 2 is 2.27 bits per heavy atom. The summed E-state index contributed by atoms with van der Waals surface area (Å²) >= 11 is 0. The number of alkyl carbamates (subject to hydrolysis) is 1. The van der Waals surface area contributed by atoms with E-state index < -0.39 is 12.1 Å². The number of amides is 1. The van der Waals surface area contributed by atoms with Gasteiger partial charge in [-0.15, -0.1) is 0 Å². The molecule has 2 aliphatic rings. The van der Waals surface area contributed by atoms with E-state index in [2.05, 4.69) is 10.1 Å². The second-order valence-corrected chi connectivity index (χ2v) is 2.30. The number of hydrogen-bond donors (Lipinski definition) is 1. The van der Waals surface area contributed by atoms with Crippen LogP contribution < -0.4 is 5.32 Å². The predicted molar refractivity (Wildman–Crippen MR) is 35.6 cm³/mol. The topological polar surface area (TPSA) is 55.4 Å². The average Bonchev–Trinajstić information content (AvgIpc) is 2.31. The number of fused-ring (bicyclic) bond motifs is 1. The number of rotatable bonds is 0. The van der Waals surface area contributed by atoms with Crippen molar-refractivity contribution >= 4 is 11.9 Å². The molecule has 1 fully saturated rings. The highest BCUT2D eigenvalue weighted by Crippen LogP contribution is 2.17. The molecule has 56 valence electrons. The van der Waals surface area contributed by atoms with Gasteiger partial charge < -0.3 is 10.1 Å². The fraction of sp³-hybridized carbons (Fsp3) is 0.143. The Balaban J connectivity index is 2.35. The summed E-state index contributed by atoms with van der Waals surface area (Å²) in [6.45, 7) is 0. The molecule has 1 heterocycles. The molecule has 0 bridgehead atoms. The smallest absolute Gasteiger partial charge is 0.412 e. The average molecular weight is 151 g/mol. The van der Waals surface area contributed by atoms with E-state index in [4.69, 9.17) is 0 Å². The van der Waals surface area contributed by atoms with Crippen molar-refractivity contribution in [3.63, 3.8) is 0 Å². The summed E-state index contributed by atoms with van der Waals surface area (Å²) in [4.78, 5) is 21.6. The number of ether oxygens (including phenoxy) is 1. The third kappa shape index (κ3) is 0.832. The zero-order valence-electron chi connectivity index (χ0n) is 5.53. The monoisotopic (exact) mass is 151 g/mol. The van der Waals surface area contributed by atoms with Gasteiger partial charge in [-0.25, -0.2) is 4.79 Å². The van der Waals surface area contributed by atoms with Crippen LogP contribution in [0.2, 0.25) is 0 Å². The van der Waals surface area contributed by atoms with Crippen LogP contribution in [0.4, 0.5) is 4.79 Å². The molecule has 0 radical (unpaired) electrons. The lowest BCUT2D eigenvalue weighted by atomic mass is 10.1. The number of carbonyl (C=O) groups excluding carboxylic acids is 2. The Bertz CT molecular complexity index is 290. The van der Waals surface area contributed by atoms with E-state index in [1.165, 1.54) is 6.08 Å². The fourth-order valence-corrected chi connectivity index (χ4v) is 1.06. The van der Waals surface area contributed by atoms with Crippen LogP contribution in [-0.2, 0) is 9.53 Å². The van der Waals surface area contributed by atoms with Crippen LogP contribution >= 0.6 is 0 Å². The van der Waals surface area contributed by atoms with Gasteiger partial charge in [-0.1, -0.05) is 6.08 Å². The van der Waals surface area contributed by atoms with E-state index in [0.717, 1.165) is 0 Å². The second-order valence-electron chi connectivity index (χ2n) is 2.30. The van der Waals surface area contributed by atoms with Gasteiger partial charge in [0.25, 0.3) is 0 Å². The second kappa shape index (κ2) is 1.95. The van der Waals surface area contributed by atoms with Crippen LogP contribution in [0.3, 0.4) is 0 Å². The SMILES string of the molecule is O=C1NC2C(=O)C=CC=C2O1. The molecule has 1 aliphatic heterocycles. The number of nitrogens with one attached hydrogen (secondary N) is 1. The molecule has 1 amide bonds. The minimum absolute atomic E-state index is 0.145. The maximum absolute atomic E-state index is 11.0. The summed E-state index contributed by atoms with van der Waals surface area (Å²) in [5.74, 6) is 0.246. The molecule has 0 spiro atoms. The first-order chi connectivity index (χ1) is 5.27. The lowest BCUT2D eigenvalue weighted by Crippen LogP contribution is -2.33. The van der Waals surface area contributed by atoms with Gasteiger partial charge in [0.15, 0.2) is 11.8 Å². The molecular weight excluding hydrogens is 146 g/mol. The first-order valence-electron chi connectivity index (χ1n) is 3.18. The van der Waals surface area contributed by atoms with Crippen LogP contribution in [-0.4, -0.2) is 17.9 Å². The van der Waals surface area contributed by atoms with E-state index in [9.17, 15) is 9.59 Å². The molecule has 1 unspecified atom stereocenters. The highest BCUT2D eigenvalue weighted by molar-refractivity contribution is 6.01. The van der Waals surface area contributed by atoms with Crippen molar-refractivity contribution in [2.45, 2.75) is 6.04 Å². The molecule has 4 nitrogen and oxygen atoms in total. The molecular formula is C7H5NO3. The first kappa shape index (κ1) is 6.15.